The highest BCUT2D eigenvalue weighted by molar-refractivity contribution is 7.13. The number of fused-ring (bicyclic) bond motifs is 1. The molecule has 32 heavy (non-hydrogen) atoms. The zero-order valence-electron chi connectivity index (χ0n) is 17.6. The number of thiazole rings is 1. The summed E-state index contributed by atoms with van der Waals surface area (Å²) in [4.78, 5) is 24.9. The molecule has 0 spiro atoms. The Morgan fingerprint density at radius 1 is 1.16 bits per heavy atom. The Balaban J connectivity index is 1.20. The van der Waals surface area contributed by atoms with Gasteiger partial charge in [-0.2, -0.15) is 0 Å². The highest BCUT2D eigenvalue weighted by Gasteiger charge is 2.29. The summed E-state index contributed by atoms with van der Waals surface area (Å²) in [6, 6.07) is 15.0. The van der Waals surface area contributed by atoms with E-state index in [9.17, 15) is 4.79 Å². The molecule has 0 aliphatic carbocycles. The van der Waals surface area contributed by atoms with Crippen LogP contribution in [0.25, 0.3) is 11.1 Å². The first-order chi connectivity index (χ1) is 15.6. The number of hydrogen-bond acceptors (Lipinski definition) is 6. The van der Waals surface area contributed by atoms with Gasteiger partial charge in [0.05, 0.1) is 5.69 Å². The third kappa shape index (κ3) is 4.36. The van der Waals surface area contributed by atoms with E-state index in [4.69, 9.17) is 20.8 Å². The van der Waals surface area contributed by atoms with Crippen LogP contribution in [-0.2, 0) is 6.61 Å². The molecule has 0 bridgehead atoms. The molecule has 4 aromatic rings. The van der Waals surface area contributed by atoms with Crippen LogP contribution in [0.15, 0.2) is 52.9 Å². The molecule has 1 fully saturated rings. The lowest BCUT2D eigenvalue weighted by Crippen LogP contribution is -2.37. The van der Waals surface area contributed by atoms with Crippen molar-refractivity contribution in [1.82, 2.24) is 14.9 Å². The summed E-state index contributed by atoms with van der Waals surface area (Å²) in [5, 5.41) is 1.44. The minimum absolute atomic E-state index is 0.0359. The van der Waals surface area contributed by atoms with Gasteiger partial charge in [0.1, 0.15) is 27.8 Å². The molecule has 8 heteroatoms. The zero-order chi connectivity index (χ0) is 22.1. The second-order valence-corrected chi connectivity index (χ2v) is 9.37. The predicted octanol–water partition coefficient (Wildman–Crippen LogP) is 5.84. The molecule has 1 amide bonds. The van der Waals surface area contributed by atoms with Crippen molar-refractivity contribution in [2.24, 2.45) is 0 Å². The highest BCUT2D eigenvalue weighted by atomic mass is 35.5. The number of carbonyl (C=O) groups is 1. The van der Waals surface area contributed by atoms with E-state index in [1.807, 2.05) is 48.2 Å². The maximum absolute atomic E-state index is 13.1. The van der Waals surface area contributed by atoms with E-state index < -0.39 is 0 Å². The van der Waals surface area contributed by atoms with Gasteiger partial charge in [0.15, 0.2) is 11.5 Å². The number of piperidine rings is 1. The minimum Gasteiger partial charge on any atom is -0.486 e. The molecule has 5 rings (SSSR count). The van der Waals surface area contributed by atoms with E-state index in [2.05, 4.69) is 9.97 Å². The largest absolute Gasteiger partial charge is 0.486 e. The fourth-order valence-corrected chi connectivity index (χ4v) is 5.00. The van der Waals surface area contributed by atoms with Gasteiger partial charge in [0.25, 0.3) is 5.91 Å². The number of oxazole rings is 1. The first-order valence-corrected chi connectivity index (χ1v) is 11.8. The summed E-state index contributed by atoms with van der Waals surface area (Å²) in [5.41, 5.74) is 2.44. The first kappa shape index (κ1) is 21.0. The fourth-order valence-electron chi connectivity index (χ4n) is 3.93. The number of aromatic nitrogens is 2. The van der Waals surface area contributed by atoms with Gasteiger partial charge in [-0.3, -0.25) is 4.79 Å². The van der Waals surface area contributed by atoms with E-state index in [-0.39, 0.29) is 11.8 Å². The van der Waals surface area contributed by atoms with Gasteiger partial charge in [-0.05, 0) is 56.2 Å². The highest BCUT2D eigenvalue weighted by Crippen LogP contribution is 2.31. The van der Waals surface area contributed by atoms with E-state index >= 15 is 0 Å². The Morgan fingerprint density at radius 2 is 1.91 bits per heavy atom. The SMILES string of the molecule is Cc1nc(COc2ccc(Cl)cc2)sc1C(=O)N1CCC(c2nc3ccccc3o2)CC1. The molecule has 1 aliphatic rings. The summed E-state index contributed by atoms with van der Waals surface area (Å²) in [6.07, 6.45) is 1.67. The van der Waals surface area contributed by atoms with Crippen molar-refractivity contribution in [2.75, 3.05) is 13.1 Å². The smallest absolute Gasteiger partial charge is 0.265 e. The average Bonchev–Trinajstić information content (AvgIpc) is 3.42. The number of halogens is 1. The van der Waals surface area contributed by atoms with Gasteiger partial charge < -0.3 is 14.1 Å². The topological polar surface area (TPSA) is 68.5 Å². The second kappa shape index (κ2) is 8.92. The molecule has 6 nitrogen and oxygen atoms in total. The van der Waals surface area contributed by atoms with E-state index in [1.165, 1.54) is 11.3 Å². The van der Waals surface area contributed by atoms with Crippen molar-refractivity contribution in [2.45, 2.75) is 32.3 Å². The molecule has 0 unspecified atom stereocenters. The molecule has 2 aromatic heterocycles. The molecule has 164 valence electrons. The van der Waals surface area contributed by atoms with Crippen LogP contribution in [0.1, 0.15) is 45.0 Å². The molecule has 3 heterocycles. The third-order valence-electron chi connectivity index (χ3n) is 5.65. The van der Waals surface area contributed by atoms with Crippen molar-refractivity contribution in [3.8, 4) is 5.75 Å². The van der Waals surface area contributed by atoms with Gasteiger partial charge in [0, 0.05) is 24.0 Å². The lowest BCUT2D eigenvalue weighted by molar-refractivity contribution is 0.0710. The monoisotopic (exact) mass is 467 g/mol. The van der Waals surface area contributed by atoms with Gasteiger partial charge in [-0.15, -0.1) is 11.3 Å². The number of benzene rings is 2. The van der Waals surface area contributed by atoms with Crippen molar-refractivity contribution < 1.29 is 13.9 Å². The van der Waals surface area contributed by atoms with Crippen LogP contribution >= 0.6 is 22.9 Å². The van der Waals surface area contributed by atoms with Crippen molar-refractivity contribution >= 4 is 39.9 Å². The number of aryl methyl sites for hydroxylation is 1. The van der Waals surface area contributed by atoms with Crippen LogP contribution in [0.4, 0.5) is 0 Å². The Bertz CT molecular complexity index is 1210. The first-order valence-electron chi connectivity index (χ1n) is 10.6. The normalized spacial score (nSPS) is 14.8. The number of hydrogen-bond donors (Lipinski definition) is 0. The standard InChI is InChI=1S/C24H22ClN3O3S/c1-15-22(32-21(26-15)14-30-18-8-6-17(25)7-9-18)24(29)28-12-10-16(11-13-28)23-27-19-4-2-3-5-20(19)31-23/h2-9,16H,10-14H2,1H3. The van der Waals surface area contributed by atoms with Gasteiger partial charge >= 0.3 is 0 Å². The molecular formula is C24H22ClN3O3S. The molecule has 0 atom stereocenters. The summed E-state index contributed by atoms with van der Waals surface area (Å²) >= 11 is 7.31. The number of likely N-dealkylation sites (tertiary alicyclic amines) is 1. The lowest BCUT2D eigenvalue weighted by atomic mass is 9.96. The van der Waals surface area contributed by atoms with E-state index in [1.54, 1.807) is 12.1 Å². The molecular weight excluding hydrogens is 446 g/mol. The number of rotatable bonds is 5. The molecule has 1 saturated heterocycles. The van der Waals surface area contributed by atoms with Crippen LogP contribution < -0.4 is 4.74 Å². The van der Waals surface area contributed by atoms with E-state index in [0.29, 0.717) is 29.6 Å². The molecule has 0 N–H and O–H groups in total. The number of ether oxygens (including phenoxy) is 1. The molecule has 2 aromatic carbocycles. The van der Waals surface area contributed by atoms with Crippen LogP contribution in [0.3, 0.4) is 0 Å². The van der Waals surface area contributed by atoms with Crippen LogP contribution in [0.5, 0.6) is 5.75 Å². The van der Waals surface area contributed by atoms with E-state index in [0.717, 1.165) is 46.3 Å². The summed E-state index contributed by atoms with van der Waals surface area (Å²) in [5.74, 6) is 1.76. The van der Waals surface area contributed by atoms with Gasteiger partial charge in [0.2, 0.25) is 0 Å². The number of nitrogens with zero attached hydrogens (tertiary/aromatic N) is 3. The van der Waals surface area contributed by atoms with Crippen molar-refractivity contribution in [3.05, 3.63) is 75.0 Å². The summed E-state index contributed by atoms with van der Waals surface area (Å²) < 4.78 is 11.7. The van der Waals surface area contributed by atoms with Gasteiger partial charge in [-0.25, -0.2) is 9.97 Å². The van der Waals surface area contributed by atoms with Crippen LogP contribution in [-0.4, -0.2) is 33.9 Å². The lowest BCUT2D eigenvalue weighted by Gasteiger charge is -2.30. The maximum Gasteiger partial charge on any atom is 0.265 e. The number of para-hydroxylation sites is 2. The van der Waals surface area contributed by atoms with Crippen molar-refractivity contribution in [1.29, 1.82) is 0 Å². The maximum atomic E-state index is 13.1. The number of amides is 1. The third-order valence-corrected chi connectivity index (χ3v) is 7.02. The molecule has 0 saturated carbocycles. The molecule has 0 radical (unpaired) electrons. The predicted molar refractivity (Wildman–Crippen MR) is 125 cm³/mol. The van der Waals surface area contributed by atoms with Crippen LogP contribution in [0.2, 0.25) is 5.02 Å². The average molecular weight is 468 g/mol. The van der Waals surface area contributed by atoms with Crippen LogP contribution in [0, 0.1) is 6.92 Å². The Morgan fingerprint density at radius 3 is 2.66 bits per heavy atom. The van der Waals surface area contributed by atoms with Crippen molar-refractivity contribution in [3.63, 3.8) is 0 Å². The second-order valence-electron chi connectivity index (χ2n) is 7.85. The van der Waals surface area contributed by atoms with Gasteiger partial charge in [-0.1, -0.05) is 23.7 Å². The zero-order valence-corrected chi connectivity index (χ0v) is 19.2. The number of carbonyl (C=O) groups excluding carboxylic acids is 1. The Kier molecular flexibility index (Phi) is 5.85. The summed E-state index contributed by atoms with van der Waals surface area (Å²) in [7, 11) is 0. The fraction of sp³-hybridized carbons (Fsp3) is 0.292. The summed E-state index contributed by atoms with van der Waals surface area (Å²) in [6.45, 7) is 3.55. The minimum atomic E-state index is 0.0359. The molecule has 1 aliphatic heterocycles. The Labute approximate surface area is 194 Å². The quantitative estimate of drug-likeness (QED) is 0.368. The Hall–Kier alpha value is -2.90.